The lowest BCUT2D eigenvalue weighted by molar-refractivity contribution is 0.675. The highest BCUT2D eigenvalue weighted by atomic mass is 35.5. The first-order valence-corrected chi connectivity index (χ1v) is 6.00. The number of alkyl halides is 2. The predicted octanol–water partition coefficient (Wildman–Crippen LogP) is 3.40. The van der Waals surface area contributed by atoms with Gasteiger partial charge in [-0.1, -0.05) is 12.1 Å². The van der Waals surface area contributed by atoms with Gasteiger partial charge in [0.2, 0.25) is 0 Å². The van der Waals surface area contributed by atoms with Crippen molar-refractivity contribution in [3.63, 3.8) is 0 Å². The maximum atomic E-state index is 5.87. The Morgan fingerprint density at radius 1 is 1.20 bits per heavy atom. The number of rotatable bonds is 4. The minimum Gasteiger partial charge on any atom is -0.327 e. The van der Waals surface area contributed by atoms with Crippen LogP contribution in [0.3, 0.4) is 0 Å². The first-order chi connectivity index (χ1) is 7.36. The molecule has 1 aromatic carbocycles. The van der Waals surface area contributed by atoms with Crippen LogP contribution in [0.25, 0.3) is 11.0 Å². The van der Waals surface area contributed by atoms with Crippen molar-refractivity contribution in [2.75, 3.05) is 5.88 Å². The molecule has 0 amide bonds. The van der Waals surface area contributed by atoms with Crippen LogP contribution >= 0.6 is 23.2 Å². The number of hydrogen-bond acceptors (Lipinski definition) is 1. The summed E-state index contributed by atoms with van der Waals surface area (Å²) in [5.41, 5.74) is 2.14. The van der Waals surface area contributed by atoms with E-state index in [2.05, 4.69) is 15.6 Å². The molecule has 0 N–H and O–H groups in total. The van der Waals surface area contributed by atoms with Gasteiger partial charge < -0.3 is 4.57 Å². The van der Waals surface area contributed by atoms with E-state index in [0.29, 0.717) is 11.8 Å². The first-order valence-electron chi connectivity index (χ1n) is 4.93. The molecule has 0 aliphatic heterocycles. The van der Waals surface area contributed by atoms with Gasteiger partial charge >= 0.3 is 0 Å². The highest BCUT2D eigenvalue weighted by molar-refractivity contribution is 6.17. The van der Waals surface area contributed by atoms with Crippen molar-refractivity contribution in [3.8, 4) is 0 Å². The minimum absolute atomic E-state index is 0.441. The monoisotopic (exact) mass is 242 g/mol. The lowest BCUT2D eigenvalue weighted by atomic mass is 10.3. The summed E-state index contributed by atoms with van der Waals surface area (Å²) in [5, 5.41) is 0. The quantitative estimate of drug-likeness (QED) is 0.752. The van der Waals surface area contributed by atoms with Gasteiger partial charge in [-0.2, -0.15) is 0 Å². The van der Waals surface area contributed by atoms with Crippen LogP contribution < -0.4 is 0 Å². The molecule has 0 saturated heterocycles. The molecule has 0 saturated carbocycles. The van der Waals surface area contributed by atoms with E-state index in [4.69, 9.17) is 23.2 Å². The second-order valence-corrected chi connectivity index (χ2v) is 3.99. The number of nitrogens with zero attached hydrogens (tertiary/aromatic N) is 2. The van der Waals surface area contributed by atoms with Gasteiger partial charge in [-0.15, -0.1) is 23.2 Å². The second kappa shape index (κ2) is 4.86. The van der Waals surface area contributed by atoms with E-state index in [1.807, 2.05) is 18.2 Å². The number of imidazole rings is 1. The Bertz CT molecular complexity index is 451. The van der Waals surface area contributed by atoms with Crippen LogP contribution in [0.15, 0.2) is 24.3 Å². The molecule has 0 aliphatic rings. The zero-order valence-electron chi connectivity index (χ0n) is 8.29. The van der Waals surface area contributed by atoms with Crippen molar-refractivity contribution in [2.24, 2.45) is 0 Å². The summed E-state index contributed by atoms with van der Waals surface area (Å²) in [6, 6.07) is 8.06. The topological polar surface area (TPSA) is 17.8 Å². The van der Waals surface area contributed by atoms with Gasteiger partial charge in [-0.25, -0.2) is 4.98 Å². The number of para-hydroxylation sites is 2. The number of halogens is 2. The van der Waals surface area contributed by atoms with E-state index in [1.165, 1.54) is 0 Å². The Balaban J connectivity index is 2.47. The van der Waals surface area contributed by atoms with Gasteiger partial charge in [-0.05, 0) is 18.6 Å². The normalized spacial score (nSPS) is 11.1. The Morgan fingerprint density at radius 2 is 2.00 bits per heavy atom. The SMILES string of the molecule is ClCCCn1c(CCl)nc2ccccc21. The molecule has 2 rings (SSSR count). The van der Waals surface area contributed by atoms with Crippen LogP contribution in [0.5, 0.6) is 0 Å². The maximum Gasteiger partial charge on any atom is 0.124 e. The van der Waals surface area contributed by atoms with Gasteiger partial charge in [0.05, 0.1) is 16.9 Å². The number of benzene rings is 1. The summed E-state index contributed by atoms with van der Waals surface area (Å²) in [5.74, 6) is 2.02. The van der Waals surface area contributed by atoms with E-state index >= 15 is 0 Å². The van der Waals surface area contributed by atoms with Crippen molar-refractivity contribution < 1.29 is 0 Å². The van der Waals surface area contributed by atoms with Crippen molar-refractivity contribution in [1.82, 2.24) is 9.55 Å². The number of aryl methyl sites for hydroxylation is 1. The minimum atomic E-state index is 0.441. The Labute approximate surface area is 98.8 Å². The molecule has 2 aromatic rings. The molecule has 80 valence electrons. The van der Waals surface area contributed by atoms with Crippen LogP contribution in [0.2, 0.25) is 0 Å². The first kappa shape index (κ1) is 10.8. The molecule has 0 spiro atoms. The van der Waals surface area contributed by atoms with Crippen molar-refractivity contribution in [2.45, 2.75) is 18.8 Å². The summed E-state index contributed by atoms with van der Waals surface area (Å²) in [6.45, 7) is 0.881. The Hall–Kier alpha value is -0.730. The molecule has 0 unspecified atom stereocenters. The third kappa shape index (κ3) is 2.11. The lowest BCUT2D eigenvalue weighted by Gasteiger charge is -2.05. The number of aromatic nitrogens is 2. The highest BCUT2D eigenvalue weighted by Gasteiger charge is 2.08. The summed E-state index contributed by atoms with van der Waals surface area (Å²) in [6.07, 6.45) is 0.936. The molecule has 0 radical (unpaired) electrons. The zero-order valence-corrected chi connectivity index (χ0v) is 9.80. The molecule has 2 nitrogen and oxygen atoms in total. The molecule has 4 heteroatoms. The third-order valence-electron chi connectivity index (χ3n) is 2.37. The Morgan fingerprint density at radius 3 is 2.73 bits per heavy atom. The predicted molar refractivity (Wildman–Crippen MR) is 64.6 cm³/mol. The van der Waals surface area contributed by atoms with Gasteiger partial charge in [-0.3, -0.25) is 0 Å². The van der Waals surface area contributed by atoms with Crippen molar-refractivity contribution in [1.29, 1.82) is 0 Å². The largest absolute Gasteiger partial charge is 0.327 e. The standard InChI is InChI=1S/C11H12Cl2N2/c12-6-3-7-15-10-5-2-1-4-9(10)14-11(15)8-13/h1-2,4-5H,3,6-8H2. The fraction of sp³-hybridized carbons (Fsp3) is 0.364. The molecule has 0 bridgehead atoms. The number of hydrogen-bond donors (Lipinski definition) is 0. The zero-order chi connectivity index (χ0) is 10.7. The average molecular weight is 243 g/mol. The summed E-state index contributed by atoms with van der Waals surface area (Å²) in [7, 11) is 0. The fourth-order valence-corrected chi connectivity index (χ4v) is 2.02. The van der Waals surface area contributed by atoms with Crippen LogP contribution in [0.4, 0.5) is 0 Å². The highest BCUT2D eigenvalue weighted by Crippen LogP contribution is 2.17. The second-order valence-electron chi connectivity index (χ2n) is 3.34. The third-order valence-corrected chi connectivity index (χ3v) is 2.87. The molecular weight excluding hydrogens is 231 g/mol. The summed E-state index contributed by atoms with van der Waals surface area (Å²) in [4.78, 5) is 4.47. The van der Waals surface area contributed by atoms with Gasteiger partial charge in [0.25, 0.3) is 0 Å². The van der Waals surface area contributed by atoms with E-state index < -0.39 is 0 Å². The van der Waals surface area contributed by atoms with Gasteiger partial charge in [0.1, 0.15) is 5.82 Å². The van der Waals surface area contributed by atoms with Crippen molar-refractivity contribution >= 4 is 34.2 Å². The summed E-state index contributed by atoms with van der Waals surface area (Å²) >= 11 is 11.6. The van der Waals surface area contributed by atoms with Crippen LogP contribution in [0, 0.1) is 0 Å². The molecule has 15 heavy (non-hydrogen) atoms. The maximum absolute atomic E-state index is 5.87. The smallest absolute Gasteiger partial charge is 0.124 e. The fourth-order valence-electron chi connectivity index (χ4n) is 1.69. The van der Waals surface area contributed by atoms with E-state index in [0.717, 1.165) is 29.8 Å². The average Bonchev–Trinajstić information content (AvgIpc) is 2.64. The molecule has 0 fully saturated rings. The Kier molecular flexibility index (Phi) is 3.49. The van der Waals surface area contributed by atoms with E-state index in [9.17, 15) is 0 Å². The summed E-state index contributed by atoms with van der Waals surface area (Å²) < 4.78 is 2.14. The molecular formula is C11H12Cl2N2. The van der Waals surface area contributed by atoms with Gasteiger partial charge in [0.15, 0.2) is 0 Å². The van der Waals surface area contributed by atoms with Gasteiger partial charge in [0, 0.05) is 12.4 Å². The molecule has 0 aliphatic carbocycles. The molecule has 1 heterocycles. The molecule has 1 aromatic heterocycles. The van der Waals surface area contributed by atoms with Crippen LogP contribution in [0.1, 0.15) is 12.2 Å². The van der Waals surface area contributed by atoms with Crippen molar-refractivity contribution in [3.05, 3.63) is 30.1 Å². The number of fused-ring (bicyclic) bond motifs is 1. The van der Waals surface area contributed by atoms with E-state index in [-0.39, 0.29) is 0 Å². The molecule has 0 atom stereocenters. The van der Waals surface area contributed by atoms with E-state index in [1.54, 1.807) is 0 Å². The van der Waals surface area contributed by atoms with Crippen LogP contribution in [-0.4, -0.2) is 15.4 Å². The van der Waals surface area contributed by atoms with Crippen LogP contribution in [-0.2, 0) is 12.4 Å². The lowest BCUT2D eigenvalue weighted by Crippen LogP contribution is -2.02.